The van der Waals surface area contributed by atoms with Gasteiger partial charge in [-0.3, -0.25) is 4.79 Å². The molecule has 1 aromatic heterocycles. The van der Waals surface area contributed by atoms with Crippen LogP contribution in [0.5, 0.6) is 5.75 Å². The normalized spacial score (nSPS) is 11.8. The second kappa shape index (κ2) is 7.70. The molecule has 2 aromatic carbocycles. The molecule has 0 N–H and O–H groups in total. The molecule has 3 rings (SSSR count). The summed E-state index contributed by atoms with van der Waals surface area (Å²) in [7, 11) is 3.38. The Morgan fingerprint density at radius 3 is 2.58 bits per heavy atom. The van der Waals surface area contributed by atoms with Gasteiger partial charge in [-0.1, -0.05) is 12.1 Å². The Labute approximate surface area is 160 Å². The van der Waals surface area contributed by atoms with Crippen molar-refractivity contribution >= 4 is 21.8 Å². The summed E-state index contributed by atoms with van der Waals surface area (Å²) in [5, 5.41) is 4.11. The van der Waals surface area contributed by atoms with Gasteiger partial charge in [0.05, 0.1) is 24.4 Å². The number of halogens is 1. The molecule has 0 saturated carbocycles. The van der Waals surface area contributed by atoms with Crippen LogP contribution in [0.4, 0.5) is 0 Å². The van der Waals surface area contributed by atoms with Crippen molar-refractivity contribution < 1.29 is 9.53 Å². The van der Waals surface area contributed by atoms with E-state index in [0.29, 0.717) is 11.3 Å². The summed E-state index contributed by atoms with van der Waals surface area (Å²) in [6.45, 7) is 2.00. The largest absolute Gasteiger partial charge is 0.497 e. The Morgan fingerprint density at radius 2 is 1.96 bits per heavy atom. The van der Waals surface area contributed by atoms with Crippen LogP contribution in [0.15, 0.2) is 59.6 Å². The smallest absolute Gasteiger partial charge is 0.255 e. The lowest BCUT2D eigenvalue weighted by atomic mass is 10.1. The summed E-state index contributed by atoms with van der Waals surface area (Å²) in [4.78, 5) is 18.6. The van der Waals surface area contributed by atoms with E-state index in [-0.39, 0.29) is 11.9 Å². The van der Waals surface area contributed by atoms with Crippen LogP contribution < -0.4 is 4.74 Å². The molecule has 6 nitrogen and oxygen atoms in total. The lowest BCUT2D eigenvalue weighted by Gasteiger charge is -2.26. The van der Waals surface area contributed by atoms with Crippen LogP contribution in [0, 0.1) is 0 Å². The SMILES string of the molecule is COc1ccc(Br)c(C(=O)N(C)C(C)c2ccc(-n3cncn3)cc2)c1. The standard InChI is InChI=1S/C19H19BrN4O2/c1-13(14-4-6-15(7-5-14)24-12-21-11-22-24)23(2)19(25)17-10-16(26-3)8-9-18(17)20/h4-13H,1-3H3. The molecule has 3 aromatic rings. The molecule has 1 atom stereocenters. The van der Waals surface area contributed by atoms with Crippen molar-refractivity contribution in [1.29, 1.82) is 0 Å². The highest BCUT2D eigenvalue weighted by atomic mass is 79.9. The van der Waals surface area contributed by atoms with Crippen LogP contribution in [-0.2, 0) is 0 Å². The third-order valence-corrected chi connectivity index (χ3v) is 5.06. The number of hydrogen-bond acceptors (Lipinski definition) is 4. The number of aromatic nitrogens is 3. The number of hydrogen-bond donors (Lipinski definition) is 0. The lowest BCUT2D eigenvalue weighted by Crippen LogP contribution is -2.30. The van der Waals surface area contributed by atoms with Crippen LogP contribution in [0.3, 0.4) is 0 Å². The zero-order chi connectivity index (χ0) is 18.7. The van der Waals surface area contributed by atoms with Crippen molar-refractivity contribution in [2.75, 3.05) is 14.2 Å². The summed E-state index contributed by atoms with van der Waals surface area (Å²) >= 11 is 3.45. The van der Waals surface area contributed by atoms with Crippen molar-refractivity contribution in [3.8, 4) is 11.4 Å². The van der Waals surface area contributed by atoms with Crippen molar-refractivity contribution in [1.82, 2.24) is 19.7 Å². The highest BCUT2D eigenvalue weighted by Gasteiger charge is 2.21. The molecule has 7 heteroatoms. The Kier molecular flexibility index (Phi) is 5.37. The minimum atomic E-state index is -0.0922. The van der Waals surface area contributed by atoms with E-state index in [1.54, 1.807) is 36.1 Å². The minimum Gasteiger partial charge on any atom is -0.497 e. The van der Waals surface area contributed by atoms with Crippen LogP contribution >= 0.6 is 15.9 Å². The third-order valence-electron chi connectivity index (χ3n) is 4.36. The lowest BCUT2D eigenvalue weighted by molar-refractivity contribution is 0.0741. The molecule has 1 heterocycles. The maximum atomic E-state index is 12.9. The summed E-state index contributed by atoms with van der Waals surface area (Å²) in [5.41, 5.74) is 2.52. The van der Waals surface area contributed by atoms with Gasteiger partial charge in [-0.25, -0.2) is 9.67 Å². The fraction of sp³-hybridized carbons (Fsp3) is 0.211. The van der Waals surface area contributed by atoms with Gasteiger partial charge in [-0.2, -0.15) is 5.10 Å². The van der Waals surface area contributed by atoms with E-state index in [1.807, 2.05) is 43.3 Å². The molecule has 134 valence electrons. The Hall–Kier alpha value is -2.67. The van der Waals surface area contributed by atoms with Gasteiger partial charge in [-0.05, 0) is 58.7 Å². The molecule has 0 aliphatic carbocycles. The van der Waals surface area contributed by atoms with E-state index in [0.717, 1.165) is 15.7 Å². The number of methoxy groups -OCH3 is 1. The molecule has 0 radical (unpaired) electrons. The van der Waals surface area contributed by atoms with Gasteiger partial charge >= 0.3 is 0 Å². The maximum Gasteiger partial charge on any atom is 0.255 e. The van der Waals surface area contributed by atoms with Gasteiger partial charge < -0.3 is 9.64 Å². The zero-order valence-corrected chi connectivity index (χ0v) is 16.3. The first kappa shape index (κ1) is 18.1. The number of benzene rings is 2. The Bertz CT molecular complexity index is 894. The van der Waals surface area contributed by atoms with E-state index in [1.165, 1.54) is 6.33 Å². The fourth-order valence-electron chi connectivity index (χ4n) is 2.63. The van der Waals surface area contributed by atoms with E-state index in [2.05, 4.69) is 26.0 Å². The first-order valence-corrected chi connectivity index (χ1v) is 8.86. The second-order valence-corrected chi connectivity index (χ2v) is 6.72. The molecule has 0 aliphatic heterocycles. The third kappa shape index (κ3) is 3.62. The fourth-order valence-corrected chi connectivity index (χ4v) is 3.05. The summed E-state index contributed by atoms with van der Waals surface area (Å²) < 4.78 is 7.66. The first-order chi connectivity index (χ1) is 12.5. The van der Waals surface area contributed by atoms with Crippen molar-refractivity contribution in [2.24, 2.45) is 0 Å². The Morgan fingerprint density at radius 1 is 1.23 bits per heavy atom. The summed E-state index contributed by atoms with van der Waals surface area (Å²) in [6, 6.07) is 13.2. The van der Waals surface area contributed by atoms with Crippen LogP contribution in [-0.4, -0.2) is 39.7 Å². The highest BCUT2D eigenvalue weighted by Crippen LogP contribution is 2.27. The second-order valence-electron chi connectivity index (χ2n) is 5.87. The van der Waals surface area contributed by atoms with Gasteiger partial charge in [-0.15, -0.1) is 0 Å². The van der Waals surface area contributed by atoms with Crippen molar-refractivity contribution in [2.45, 2.75) is 13.0 Å². The van der Waals surface area contributed by atoms with Crippen LogP contribution in [0.1, 0.15) is 28.9 Å². The van der Waals surface area contributed by atoms with Gasteiger partial charge in [0, 0.05) is 11.5 Å². The van der Waals surface area contributed by atoms with E-state index in [4.69, 9.17) is 4.74 Å². The predicted molar refractivity (Wildman–Crippen MR) is 103 cm³/mol. The summed E-state index contributed by atoms with van der Waals surface area (Å²) in [5.74, 6) is 0.568. The molecule has 0 bridgehead atoms. The van der Waals surface area contributed by atoms with Gasteiger partial charge in [0.2, 0.25) is 0 Å². The molecule has 0 saturated heterocycles. The molecule has 0 aliphatic rings. The van der Waals surface area contributed by atoms with Crippen molar-refractivity contribution in [3.05, 3.63) is 70.7 Å². The number of amides is 1. The maximum absolute atomic E-state index is 12.9. The number of carbonyl (C=O) groups is 1. The number of nitrogens with zero attached hydrogens (tertiary/aromatic N) is 4. The minimum absolute atomic E-state index is 0.0800. The average Bonchev–Trinajstić information content (AvgIpc) is 3.21. The molecule has 0 spiro atoms. The van der Waals surface area contributed by atoms with Crippen LogP contribution in [0.25, 0.3) is 5.69 Å². The average molecular weight is 415 g/mol. The number of carbonyl (C=O) groups excluding carboxylic acids is 1. The van der Waals surface area contributed by atoms with E-state index >= 15 is 0 Å². The van der Waals surface area contributed by atoms with E-state index in [9.17, 15) is 4.79 Å². The van der Waals surface area contributed by atoms with Crippen LogP contribution in [0.2, 0.25) is 0 Å². The molecular weight excluding hydrogens is 396 g/mol. The predicted octanol–water partition coefficient (Wildman–Crippen LogP) is 3.87. The molecule has 0 fully saturated rings. The molecular formula is C19H19BrN4O2. The van der Waals surface area contributed by atoms with Gasteiger partial charge in [0.1, 0.15) is 18.4 Å². The molecule has 1 amide bonds. The first-order valence-electron chi connectivity index (χ1n) is 8.07. The number of ether oxygens (including phenoxy) is 1. The molecule has 1 unspecified atom stereocenters. The monoisotopic (exact) mass is 414 g/mol. The number of rotatable bonds is 5. The van der Waals surface area contributed by atoms with Gasteiger partial charge in [0.15, 0.2) is 0 Å². The summed E-state index contributed by atoms with van der Waals surface area (Å²) in [6.07, 6.45) is 3.14. The van der Waals surface area contributed by atoms with E-state index < -0.39 is 0 Å². The highest BCUT2D eigenvalue weighted by molar-refractivity contribution is 9.10. The zero-order valence-electron chi connectivity index (χ0n) is 14.8. The quantitative estimate of drug-likeness (QED) is 0.635. The molecule has 26 heavy (non-hydrogen) atoms. The topological polar surface area (TPSA) is 60.2 Å². The Balaban J connectivity index is 1.81. The van der Waals surface area contributed by atoms with Crippen molar-refractivity contribution in [3.63, 3.8) is 0 Å². The van der Waals surface area contributed by atoms with Gasteiger partial charge in [0.25, 0.3) is 5.91 Å².